The van der Waals surface area contributed by atoms with Crippen LogP contribution in [0.2, 0.25) is 0 Å². The summed E-state index contributed by atoms with van der Waals surface area (Å²) in [7, 11) is 4.07. The number of carbonyl (C=O) groups is 1. The maximum absolute atomic E-state index is 11.7. The van der Waals surface area contributed by atoms with Crippen molar-refractivity contribution in [2.75, 3.05) is 39.0 Å². The molecule has 0 aliphatic carbocycles. The highest BCUT2D eigenvalue weighted by molar-refractivity contribution is 5.90. The number of benzene rings is 1. The van der Waals surface area contributed by atoms with Crippen molar-refractivity contribution in [2.45, 2.75) is 20.3 Å². The van der Waals surface area contributed by atoms with Crippen LogP contribution in [-0.4, -0.2) is 44.5 Å². The molecule has 0 aliphatic rings. The standard InChI is InChI=1S/C15H25N3O/c1-12-5-6-14(11-13(12)2)17-15(19)7-8-16-9-10-18(3)4/h5-6,11,16H,7-10H2,1-4H3,(H,17,19). The van der Waals surface area contributed by atoms with E-state index >= 15 is 0 Å². The van der Waals surface area contributed by atoms with Crippen molar-refractivity contribution in [1.82, 2.24) is 10.2 Å². The lowest BCUT2D eigenvalue weighted by atomic mass is 10.1. The Balaban J connectivity index is 2.25. The number of aryl methyl sites for hydroxylation is 2. The zero-order valence-electron chi connectivity index (χ0n) is 12.4. The highest BCUT2D eigenvalue weighted by Crippen LogP contribution is 2.14. The average molecular weight is 263 g/mol. The second kappa shape index (κ2) is 7.92. The average Bonchev–Trinajstić information content (AvgIpc) is 2.33. The summed E-state index contributed by atoms with van der Waals surface area (Å²) < 4.78 is 0. The third-order valence-corrected chi connectivity index (χ3v) is 3.06. The van der Waals surface area contributed by atoms with Gasteiger partial charge in [0.1, 0.15) is 0 Å². The van der Waals surface area contributed by atoms with E-state index in [-0.39, 0.29) is 5.91 Å². The fourth-order valence-corrected chi connectivity index (χ4v) is 1.67. The van der Waals surface area contributed by atoms with E-state index < -0.39 is 0 Å². The first-order valence-electron chi connectivity index (χ1n) is 6.71. The van der Waals surface area contributed by atoms with Crippen molar-refractivity contribution >= 4 is 11.6 Å². The molecule has 106 valence electrons. The normalized spacial score (nSPS) is 10.8. The Labute approximate surface area is 116 Å². The number of likely N-dealkylation sites (N-methyl/N-ethyl adjacent to an activating group) is 1. The Kier molecular flexibility index (Phi) is 6.53. The van der Waals surface area contributed by atoms with Gasteiger partial charge in [-0.3, -0.25) is 4.79 Å². The Hall–Kier alpha value is -1.39. The van der Waals surface area contributed by atoms with E-state index in [0.717, 1.165) is 18.8 Å². The van der Waals surface area contributed by atoms with Gasteiger partial charge >= 0.3 is 0 Å². The lowest BCUT2D eigenvalue weighted by Gasteiger charge is -2.10. The maximum atomic E-state index is 11.7. The van der Waals surface area contributed by atoms with Crippen molar-refractivity contribution in [3.05, 3.63) is 29.3 Å². The molecule has 1 aromatic rings. The van der Waals surface area contributed by atoms with E-state index in [4.69, 9.17) is 0 Å². The number of nitrogens with zero attached hydrogens (tertiary/aromatic N) is 1. The van der Waals surface area contributed by atoms with Gasteiger partial charge in [0.05, 0.1) is 0 Å². The van der Waals surface area contributed by atoms with E-state index in [2.05, 4.69) is 22.5 Å². The highest BCUT2D eigenvalue weighted by atomic mass is 16.1. The number of hydrogen-bond donors (Lipinski definition) is 2. The van der Waals surface area contributed by atoms with Crippen molar-refractivity contribution in [2.24, 2.45) is 0 Å². The number of anilines is 1. The quantitative estimate of drug-likeness (QED) is 0.737. The molecule has 0 radical (unpaired) electrons. The Morgan fingerprint density at radius 3 is 2.53 bits per heavy atom. The molecule has 0 fully saturated rings. The van der Waals surface area contributed by atoms with E-state index in [1.54, 1.807) is 0 Å². The molecule has 0 unspecified atom stereocenters. The second-order valence-corrected chi connectivity index (χ2v) is 5.15. The molecular weight excluding hydrogens is 238 g/mol. The summed E-state index contributed by atoms with van der Waals surface area (Å²) in [6, 6.07) is 5.98. The molecule has 0 saturated carbocycles. The van der Waals surface area contributed by atoms with Crippen LogP contribution >= 0.6 is 0 Å². The zero-order valence-corrected chi connectivity index (χ0v) is 12.4. The van der Waals surface area contributed by atoms with Crippen molar-refractivity contribution < 1.29 is 4.79 Å². The molecule has 0 bridgehead atoms. The number of rotatable bonds is 7. The first kappa shape index (κ1) is 15.7. The summed E-state index contributed by atoms with van der Waals surface area (Å²) >= 11 is 0. The van der Waals surface area contributed by atoms with Gasteiger partial charge < -0.3 is 15.5 Å². The third kappa shape index (κ3) is 6.36. The molecule has 0 atom stereocenters. The molecule has 0 saturated heterocycles. The summed E-state index contributed by atoms with van der Waals surface area (Å²) in [5, 5.41) is 6.17. The Morgan fingerprint density at radius 2 is 1.89 bits per heavy atom. The van der Waals surface area contributed by atoms with Crippen LogP contribution in [0.3, 0.4) is 0 Å². The van der Waals surface area contributed by atoms with Crippen LogP contribution in [0.15, 0.2) is 18.2 Å². The van der Waals surface area contributed by atoms with Gasteiger partial charge in [0.25, 0.3) is 0 Å². The molecular formula is C15H25N3O. The minimum absolute atomic E-state index is 0.0561. The van der Waals surface area contributed by atoms with Crippen LogP contribution in [0.5, 0.6) is 0 Å². The van der Waals surface area contributed by atoms with Crippen LogP contribution in [0.25, 0.3) is 0 Å². The maximum Gasteiger partial charge on any atom is 0.225 e. The molecule has 0 heterocycles. The van der Waals surface area contributed by atoms with Gasteiger partial charge in [0.15, 0.2) is 0 Å². The number of amides is 1. The first-order valence-corrected chi connectivity index (χ1v) is 6.71. The number of hydrogen-bond acceptors (Lipinski definition) is 3. The minimum Gasteiger partial charge on any atom is -0.326 e. The van der Waals surface area contributed by atoms with E-state index in [1.807, 2.05) is 39.2 Å². The smallest absolute Gasteiger partial charge is 0.225 e. The Bertz CT molecular complexity index is 416. The minimum atomic E-state index is 0.0561. The molecule has 4 heteroatoms. The van der Waals surface area contributed by atoms with Gasteiger partial charge in [-0.2, -0.15) is 0 Å². The highest BCUT2D eigenvalue weighted by Gasteiger charge is 2.03. The van der Waals surface area contributed by atoms with Gasteiger partial charge in [-0.05, 0) is 51.2 Å². The van der Waals surface area contributed by atoms with Gasteiger partial charge in [0.2, 0.25) is 5.91 Å². The largest absolute Gasteiger partial charge is 0.326 e. The topological polar surface area (TPSA) is 44.4 Å². The molecule has 19 heavy (non-hydrogen) atoms. The third-order valence-electron chi connectivity index (χ3n) is 3.06. The number of carbonyl (C=O) groups excluding carboxylic acids is 1. The van der Waals surface area contributed by atoms with Gasteiger partial charge in [-0.1, -0.05) is 6.07 Å². The van der Waals surface area contributed by atoms with E-state index in [9.17, 15) is 4.79 Å². The predicted molar refractivity (Wildman–Crippen MR) is 80.6 cm³/mol. The monoisotopic (exact) mass is 263 g/mol. The summed E-state index contributed by atoms with van der Waals surface area (Å²) in [4.78, 5) is 13.9. The molecule has 0 aromatic heterocycles. The van der Waals surface area contributed by atoms with Crippen LogP contribution in [-0.2, 0) is 4.79 Å². The van der Waals surface area contributed by atoms with Gasteiger partial charge in [0, 0.05) is 31.7 Å². The van der Waals surface area contributed by atoms with Gasteiger partial charge in [-0.25, -0.2) is 0 Å². The van der Waals surface area contributed by atoms with Crippen molar-refractivity contribution in [3.63, 3.8) is 0 Å². The molecule has 0 aliphatic heterocycles. The summed E-state index contributed by atoms with van der Waals surface area (Å²) in [5.41, 5.74) is 3.31. The molecule has 0 spiro atoms. The molecule has 4 nitrogen and oxygen atoms in total. The van der Waals surface area contributed by atoms with Crippen LogP contribution in [0.4, 0.5) is 5.69 Å². The fraction of sp³-hybridized carbons (Fsp3) is 0.533. The van der Waals surface area contributed by atoms with E-state index in [1.165, 1.54) is 11.1 Å². The van der Waals surface area contributed by atoms with E-state index in [0.29, 0.717) is 13.0 Å². The summed E-state index contributed by atoms with van der Waals surface area (Å²) in [5.74, 6) is 0.0561. The summed E-state index contributed by atoms with van der Waals surface area (Å²) in [6.45, 7) is 6.72. The zero-order chi connectivity index (χ0) is 14.3. The van der Waals surface area contributed by atoms with Gasteiger partial charge in [-0.15, -0.1) is 0 Å². The molecule has 1 rings (SSSR count). The molecule has 2 N–H and O–H groups in total. The lowest BCUT2D eigenvalue weighted by molar-refractivity contribution is -0.116. The predicted octanol–water partition coefficient (Wildman–Crippen LogP) is 1.78. The molecule has 1 amide bonds. The van der Waals surface area contributed by atoms with Crippen molar-refractivity contribution in [3.8, 4) is 0 Å². The van der Waals surface area contributed by atoms with Crippen LogP contribution in [0.1, 0.15) is 17.5 Å². The van der Waals surface area contributed by atoms with Crippen LogP contribution < -0.4 is 10.6 Å². The summed E-state index contributed by atoms with van der Waals surface area (Å²) in [6.07, 6.45) is 0.500. The second-order valence-electron chi connectivity index (χ2n) is 5.15. The lowest BCUT2D eigenvalue weighted by Crippen LogP contribution is -2.29. The SMILES string of the molecule is Cc1ccc(NC(=O)CCNCCN(C)C)cc1C. The number of nitrogens with one attached hydrogen (secondary N) is 2. The van der Waals surface area contributed by atoms with Crippen LogP contribution in [0, 0.1) is 13.8 Å². The Morgan fingerprint density at radius 1 is 1.16 bits per heavy atom. The fourth-order valence-electron chi connectivity index (χ4n) is 1.67. The first-order chi connectivity index (χ1) is 8.99. The molecule has 1 aromatic carbocycles. The van der Waals surface area contributed by atoms with Crippen molar-refractivity contribution in [1.29, 1.82) is 0 Å².